The lowest BCUT2D eigenvalue weighted by molar-refractivity contribution is -0.153. The molecule has 0 radical (unpaired) electrons. The van der Waals surface area contributed by atoms with Crippen LogP contribution < -0.4 is 0 Å². The Hall–Kier alpha value is -1.79. The first-order valence-corrected chi connectivity index (χ1v) is 15.9. The molecule has 10 nitrogen and oxygen atoms in total. The summed E-state index contributed by atoms with van der Waals surface area (Å²) in [7, 11) is 1.59. The van der Waals surface area contributed by atoms with Crippen LogP contribution in [0.2, 0.25) is 0 Å². The van der Waals surface area contributed by atoms with Crippen molar-refractivity contribution in [2.24, 2.45) is 5.92 Å². The lowest BCUT2D eigenvalue weighted by atomic mass is 9.88. The third kappa shape index (κ3) is 11.0. The van der Waals surface area contributed by atoms with Gasteiger partial charge in [-0.3, -0.25) is 0 Å². The van der Waals surface area contributed by atoms with Crippen LogP contribution in [0, 0.1) is 5.92 Å². The number of allylic oxidation sites excluding steroid dienone is 2. The SMILES string of the molecule is CCN1CCCN(C(=O)OC2/C=C/C(C)C(/C(C)=C/C=C/C(C)(O)CC3OC3C)OC(O)CC(O)CCC2(C)OC)CC1. The van der Waals surface area contributed by atoms with Gasteiger partial charge in [0, 0.05) is 45.5 Å². The molecule has 3 heterocycles. The number of hydrogen-bond donors (Lipinski definition) is 3. The minimum absolute atomic E-state index is 0.0380. The molecule has 0 bridgehead atoms. The van der Waals surface area contributed by atoms with Gasteiger partial charge < -0.3 is 44.1 Å². The van der Waals surface area contributed by atoms with Crippen molar-refractivity contribution in [3.05, 3.63) is 36.0 Å². The van der Waals surface area contributed by atoms with E-state index in [0.717, 1.165) is 31.6 Å². The summed E-state index contributed by atoms with van der Waals surface area (Å²) < 4.78 is 23.6. The second-order valence-electron chi connectivity index (χ2n) is 13.0. The normalized spacial score (nSPS) is 37.6. The third-order valence-corrected chi connectivity index (χ3v) is 9.12. The minimum atomic E-state index is -1.17. The standard InChI is InChI=1S/C33H56N2O8/c1-8-34-17-10-18-35(20-19-34)31(38)42-28-13-12-24(3)30(43-29(37)21-26(36)14-16-33(28,6)40-7)23(2)11-9-15-32(5,39)22-27-25(4)41-27/h9,11-13,15,24-30,36-37,39H,8,10,14,16-22H2,1-7H3/b13-12+,15-9+,23-11+. The molecule has 246 valence electrons. The maximum atomic E-state index is 13.4. The summed E-state index contributed by atoms with van der Waals surface area (Å²) in [6.45, 7) is 15.6. The first-order valence-electron chi connectivity index (χ1n) is 15.9. The monoisotopic (exact) mass is 608 g/mol. The Morgan fingerprint density at radius 2 is 1.88 bits per heavy atom. The van der Waals surface area contributed by atoms with Gasteiger partial charge in [0.25, 0.3) is 0 Å². The van der Waals surface area contributed by atoms with E-state index in [1.54, 1.807) is 31.1 Å². The molecule has 0 aliphatic carbocycles. The molecule has 10 heteroatoms. The van der Waals surface area contributed by atoms with E-state index in [-0.39, 0.29) is 30.6 Å². The highest BCUT2D eigenvalue weighted by Crippen LogP contribution is 2.32. The summed E-state index contributed by atoms with van der Waals surface area (Å²) in [5, 5.41) is 32.2. The van der Waals surface area contributed by atoms with Crippen molar-refractivity contribution in [1.29, 1.82) is 0 Å². The van der Waals surface area contributed by atoms with Gasteiger partial charge in [-0.2, -0.15) is 0 Å². The fourth-order valence-electron chi connectivity index (χ4n) is 5.85. The van der Waals surface area contributed by atoms with Crippen LogP contribution in [0.5, 0.6) is 0 Å². The van der Waals surface area contributed by atoms with E-state index in [1.165, 1.54) is 0 Å². The van der Waals surface area contributed by atoms with Gasteiger partial charge in [-0.05, 0) is 71.7 Å². The van der Waals surface area contributed by atoms with Crippen LogP contribution in [0.3, 0.4) is 0 Å². The molecule has 43 heavy (non-hydrogen) atoms. The zero-order valence-corrected chi connectivity index (χ0v) is 27.3. The average Bonchev–Trinajstić information content (AvgIpc) is 3.70. The Morgan fingerprint density at radius 3 is 2.53 bits per heavy atom. The predicted octanol–water partition coefficient (Wildman–Crippen LogP) is 3.80. The van der Waals surface area contributed by atoms with Crippen molar-refractivity contribution < 1.29 is 39.1 Å². The van der Waals surface area contributed by atoms with Crippen molar-refractivity contribution in [2.75, 3.05) is 39.8 Å². The van der Waals surface area contributed by atoms with Gasteiger partial charge in [-0.15, -0.1) is 0 Å². The second-order valence-corrected chi connectivity index (χ2v) is 13.0. The van der Waals surface area contributed by atoms with E-state index in [4.69, 9.17) is 18.9 Å². The van der Waals surface area contributed by atoms with Crippen molar-refractivity contribution in [3.63, 3.8) is 0 Å². The van der Waals surface area contributed by atoms with Crippen molar-refractivity contribution in [2.45, 2.75) is 122 Å². The van der Waals surface area contributed by atoms with Gasteiger partial charge in [0.1, 0.15) is 5.60 Å². The second kappa shape index (κ2) is 16.0. The quantitative estimate of drug-likeness (QED) is 0.214. The average molecular weight is 609 g/mol. The van der Waals surface area contributed by atoms with Crippen LogP contribution in [0.1, 0.15) is 73.6 Å². The lowest BCUT2D eigenvalue weighted by Crippen LogP contribution is -2.47. The zero-order chi connectivity index (χ0) is 31.8. The number of aliphatic hydroxyl groups is 3. The number of amides is 1. The highest BCUT2D eigenvalue weighted by atomic mass is 16.6. The summed E-state index contributed by atoms with van der Waals surface area (Å²) >= 11 is 0. The smallest absolute Gasteiger partial charge is 0.410 e. The van der Waals surface area contributed by atoms with E-state index < -0.39 is 35.8 Å². The Balaban J connectivity index is 1.82. The fraction of sp³-hybridized carbons (Fsp3) is 0.788. The largest absolute Gasteiger partial charge is 0.439 e. The third-order valence-electron chi connectivity index (χ3n) is 9.12. The number of rotatable bonds is 8. The highest BCUT2D eigenvalue weighted by Gasteiger charge is 2.40. The summed E-state index contributed by atoms with van der Waals surface area (Å²) in [5.41, 5.74) is -1.08. The van der Waals surface area contributed by atoms with Gasteiger partial charge in [-0.1, -0.05) is 38.2 Å². The molecule has 3 N–H and O–H groups in total. The first kappa shape index (κ1) is 35.7. The molecule has 2 saturated heterocycles. The molecule has 0 aromatic carbocycles. The van der Waals surface area contributed by atoms with Crippen LogP contribution >= 0.6 is 0 Å². The lowest BCUT2D eigenvalue weighted by Gasteiger charge is -2.37. The van der Waals surface area contributed by atoms with Crippen LogP contribution in [0.15, 0.2) is 36.0 Å². The van der Waals surface area contributed by atoms with Gasteiger partial charge in [0.05, 0.1) is 30.0 Å². The molecule has 1 amide bonds. The molecule has 9 atom stereocenters. The zero-order valence-electron chi connectivity index (χ0n) is 27.3. The number of carbonyl (C=O) groups excluding carboxylic acids is 1. The topological polar surface area (TPSA) is 124 Å². The van der Waals surface area contributed by atoms with E-state index in [1.807, 2.05) is 45.9 Å². The molecule has 3 aliphatic rings. The van der Waals surface area contributed by atoms with Gasteiger partial charge >= 0.3 is 6.09 Å². The molecule has 3 rings (SSSR count). The van der Waals surface area contributed by atoms with Crippen LogP contribution in [0.4, 0.5) is 4.79 Å². The maximum Gasteiger partial charge on any atom is 0.410 e. The molecule has 0 saturated carbocycles. The van der Waals surface area contributed by atoms with Gasteiger partial charge in [0.15, 0.2) is 12.4 Å². The Bertz CT molecular complexity index is 984. The van der Waals surface area contributed by atoms with E-state index in [2.05, 4.69) is 11.8 Å². The Kier molecular flexibility index (Phi) is 13.3. The summed E-state index contributed by atoms with van der Waals surface area (Å²) in [5.74, 6) is -0.226. The number of carbonyl (C=O) groups is 1. The molecule has 0 aromatic rings. The molecular weight excluding hydrogens is 552 g/mol. The summed E-state index contributed by atoms with van der Waals surface area (Å²) in [6, 6.07) is 0. The number of aliphatic hydroxyl groups excluding tert-OH is 2. The maximum absolute atomic E-state index is 13.4. The van der Waals surface area contributed by atoms with Crippen LogP contribution in [-0.2, 0) is 18.9 Å². The Labute approximate surface area is 258 Å². The molecule has 2 fully saturated rings. The van der Waals surface area contributed by atoms with Crippen LogP contribution in [0.25, 0.3) is 0 Å². The summed E-state index contributed by atoms with van der Waals surface area (Å²) in [6.07, 6.45) is 7.99. The fourth-order valence-corrected chi connectivity index (χ4v) is 5.85. The number of ether oxygens (including phenoxy) is 4. The van der Waals surface area contributed by atoms with E-state index >= 15 is 0 Å². The van der Waals surface area contributed by atoms with E-state index in [9.17, 15) is 20.1 Å². The van der Waals surface area contributed by atoms with Gasteiger partial charge in [-0.25, -0.2) is 4.79 Å². The molecule has 9 unspecified atom stereocenters. The first-order chi connectivity index (χ1) is 20.3. The number of likely N-dealkylation sites (N-methyl/N-ethyl adjacent to an activating group) is 1. The number of hydrogen-bond acceptors (Lipinski definition) is 9. The molecule has 0 aromatic heterocycles. The van der Waals surface area contributed by atoms with Gasteiger partial charge in [0.2, 0.25) is 0 Å². The minimum Gasteiger partial charge on any atom is -0.439 e. The number of nitrogens with zero attached hydrogens (tertiary/aromatic N) is 2. The Morgan fingerprint density at radius 1 is 1.16 bits per heavy atom. The van der Waals surface area contributed by atoms with Crippen molar-refractivity contribution in [3.8, 4) is 0 Å². The summed E-state index contributed by atoms with van der Waals surface area (Å²) in [4.78, 5) is 17.5. The predicted molar refractivity (Wildman–Crippen MR) is 166 cm³/mol. The highest BCUT2D eigenvalue weighted by molar-refractivity contribution is 5.68. The van der Waals surface area contributed by atoms with E-state index in [0.29, 0.717) is 32.4 Å². The number of methoxy groups -OCH3 is 1. The molecular formula is C33H56N2O8. The van der Waals surface area contributed by atoms with Crippen LogP contribution in [-0.4, -0.2) is 119 Å². The van der Waals surface area contributed by atoms with Crippen molar-refractivity contribution >= 4 is 6.09 Å². The van der Waals surface area contributed by atoms with Crippen molar-refractivity contribution in [1.82, 2.24) is 9.80 Å². The molecule has 0 spiro atoms. The molecule has 3 aliphatic heterocycles. The number of epoxide rings is 1.